The van der Waals surface area contributed by atoms with E-state index in [0.29, 0.717) is 28.0 Å². The molecular formula is C19H14N2O3. The molecule has 5 nitrogen and oxygen atoms in total. The second kappa shape index (κ2) is 5.38. The summed E-state index contributed by atoms with van der Waals surface area (Å²) < 4.78 is 7.48. The molecule has 1 N–H and O–H groups in total. The number of aromatic nitrogens is 2. The average molecular weight is 318 g/mol. The Labute approximate surface area is 137 Å². The Morgan fingerprint density at radius 3 is 2.67 bits per heavy atom. The van der Waals surface area contributed by atoms with Crippen LogP contribution in [0.5, 0.6) is 5.75 Å². The van der Waals surface area contributed by atoms with Gasteiger partial charge in [0.2, 0.25) is 5.43 Å². The third-order valence-corrected chi connectivity index (χ3v) is 3.95. The number of benzene rings is 2. The molecule has 0 aliphatic rings. The molecule has 0 radical (unpaired) electrons. The molecule has 0 aliphatic heterocycles. The number of phenolic OH excluding ortho intramolecular Hbond substituents is 1. The summed E-state index contributed by atoms with van der Waals surface area (Å²) in [6.45, 7) is 1.74. The Morgan fingerprint density at radius 2 is 1.88 bits per heavy atom. The number of hydrogen-bond acceptors (Lipinski definition) is 4. The first-order valence-corrected chi connectivity index (χ1v) is 7.51. The lowest BCUT2D eigenvalue weighted by Gasteiger charge is -2.10. The average Bonchev–Trinajstić information content (AvgIpc) is 3.04. The van der Waals surface area contributed by atoms with E-state index in [1.807, 2.05) is 30.3 Å². The lowest BCUT2D eigenvalue weighted by molar-refractivity contribution is 0.473. The SMILES string of the molecule is Cc1oc2cc(O)ccc2c(=O)c1-c1ccnn1-c1ccccc1. The number of nitrogens with zero attached hydrogens (tertiary/aromatic N) is 2. The molecule has 0 fully saturated rings. The molecule has 0 amide bonds. The first kappa shape index (κ1) is 14.3. The fourth-order valence-electron chi connectivity index (χ4n) is 2.86. The van der Waals surface area contributed by atoms with Gasteiger partial charge >= 0.3 is 0 Å². The van der Waals surface area contributed by atoms with Gasteiger partial charge in [-0.25, -0.2) is 4.68 Å². The van der Waals surface area contributed by atoms with E-state index in [2.05, 4.69) is 5.10 Å². The van der Waals surface area contributed by atoms with Crippen LogP contribution in [0.2, 0.25) is 0 Å². The summed E-state index contributed by atoms with van der Waals surface area (Å²) in [5, 5.41) is 14.3. The number of hydrogen-bond donors (Lipinski definition) is 1. The van der Waals surface area contributed by atoms with Crippen molar-refractivity contribution in [1.29, 1.82) is 0 Å². The molecule has 2 aromatic carbocycles. The normalized spacial score (nSPS) is 11.0. The van der Waals surface area contributed by atoms with Crippen molar-refractivity contribution >= 4 is 11.0 Å². The Balaban J connectivity index is 2.01. The number of para-hydroxylation sites is 1. The molecule has 2 heterocycles. The molecule has 2 aromatic heterocycles. The first-order valence-electron chi connectivity index (χ1n) is 7.51. The summed E-state index contributed by atoms with van der Waals surface area (Å²) in [6.07, 6.45) is 1.65. The summed E-state index contributed by atoms with van der Waals surface area (Å²) in [6, 6.07) is 15.9. The molecule has 4 aromatic rings. The van der Waals surface area contributed by atoms with Gasteiger partial charge in [0.1, 0.15) is 17.1 Å². The lowest BCUT2D eigenvalue weighted by Crippen LogP contribution is -2.10. The Bertz CT molecular complexity index is 1090. The summed E-state index contributed by atoms with van der Waals surface area (Å²) in [5.74, 6) is 0.544. The van der Waals surface area contributed by atoms with E-state index < -0.39 is 0 Å². The maximum atomic E-state index is 13.0. The molecule has 5 heteroatoms. The Morgan fingerprint density at radius 1 is 1.08 bits per heavy atom. The molecule has 24 heavy (non-hydrogen) atoms. The minimum absolute atomic E-state index is 0.0622. The van der Waals surface area contributed by atoms with E-state index in [-0.39, 0.29) is 11.2 Å². The fraction of sp³-hybridized carbons (Fsp3) is 0.0526. The first-order chi connectivity index (χ1) is 11.6. The van der Waals surface area contributed by atoms with Crippen molar-refractivity contribution in [3.63, 3.8) is 0 Å². The van der Waals surface area contributed by atoms with E-state index in [4.69, 9.17) is 4.42 Å². The third-order valence-electron chi connectivity index (χ3n) is 3.95. The molecule has 0 saturated carbocycles. The van der Waals surface area contributed by atoms with Crippen molar-refractivity contribution in [2.24, 2.45) is 0 Å². The van der Waals surface area contributed by atoms with Gasteiger partial charge < -0.3 is 9.52 Å². The van der Waals surface area contributed by atoms with Gasteiger partial charge in [0.25, 0.3) is 0 Å². The number of fused-ring (bicyclic) bond motifs is 1. The van der Waals surface area contributed by atoms with Crippen molar-refractivity contribution in [1.82, 2.24) is 9.78 Å². The van der Waals surface area contributed by atoms with Gasteiger partial charge in [-0.15, -0.1) is 0 Å². The molecule has 118 valence electrons. The van der Waals surface area contributed by atoms with Gasteiger partial charge in [-0.2, -0.15) is 5.10 Å². The van der Waals surface area contributed by atoms with Crippen LogP contribution in [0.4, 0.5) is 0 Å². The quantitative estimate of drug-likeness (QED) is 0.612. The standard InChI is InChI=1S/C19H14N2O3/c1-12-18(19(23)15-8-7-14(22)11-17(15)24-12)16-9-10-20-21(16)13-5-3-2-4-6-13/h2-11,22H,1H3. The second-order valence-electron chi connectivity index (χ2n) is 5.51. The van der Waals surface area contributed by atoms with Gasteiger partial charge in [-0.05, 0) is 37.3 Å². The molecule has 0 bridgehead atoms. The van der Waals surface area contributed by atoms with Crippen molar-refractivity contribution < 1.29 is 9.52 Å². The van der Waals surface area contributed by atoms with E-state index >= 15 is 0 Å². The zero-order chi connectivity index (χ0) is 16.7. The van der Waals surface area contributed by atoms with E-state index in [9.17, 15) is 9.90 Å². The molecule has 4 rings (SSSR count). The number of aromatic hydroxyl groups is 1. The minimum atomic E-state index is -0.147. The van der Waals surface area contributed by atoms with Crippen LogP contribution in [0.15, 0.2) is 70.0 Å². The van der Waals surface area contributed by atoms with Gasteiger partial charge in [0, 0.05) is 6.07 Å². The Kier molecular flexibility index (Phi) is 3.20. The maximum Gasteiger partial charge on any atom is 0.202 e. The van der Waals surface area contributed by atoms with Crippen molar-refractivity contribution in [3.8, 4) is 22.7 Å². The summed E-state index contributed by atoms with van der Waals surface area (Å²) in [7, 11) is 0. The van der Waals surface area contributed by atoms with Crippen LogP contribution in [-0.2, 0) is 0 Å². The molecule has 0 saturated heterocycles. The fourth-order valence-corrected chi connectivity index (χ4v) is 2.86. The molecule has 0 aliphatic carbocycles. The second-order valence-corrected chi connectivity index (χ2v) is 5.51. The van der Waals surface area contributed by atoms with Crippen LogP contribution in [0, 0.1) is 6.92 Å². The third kappa shape index (κ3) is 2.18. The highest BCUT2D eigenvalue weighted by atomic mass is 16.3. The van der Waals surface area contributed by atoms with Crippen LogP contribution in [-0.4, -0.2) is 14.9 Å². The zero-order valence-corrected chi connectivity index (χ0v) is 12.9. The van der Waals surface area contributed by atoms with Gasteiger partial charge in [-0.1, -0.05) is 18.2 Å². The van der Waals surface area contributed by atoms with Crippen molar-refractivity contribution in [2.45, 2.75) is 6.92 Å². The van der Waals surface area contributed by atoms with Gasteiger partial charge in [0.15, 0.2) is 0 Å². The monoisotopic (exact) mass is 318 g/mol. The highest BCUT2D eigenvalue weighted by Crippen LogP contribution is 2.27. The van der Waals surface area contributed by atoms with Gasteiger partial charge in [-0.3, -0.25) is 4.79 Å². The molecular weight excluding hydrogens is 304 g/mol. The summed E-state index contributed by atoms with van der Waals surface area (Å²) >= 11 is 0. The van der Waals surface area contributed by atoms with Crippen molar-refractivity contribution in [2.75, 3.05) is 0 Å². The van der Waals surface area contributed by atoms with Crippen LogP contribution in [0.1, 0.15) is 5.76 Å². The van der Waals surface area contributed by atoms with Crippen LogP contribution >= 0.6 is 0 Å². The number of rotatable bonds is 2. The van der Waals surface area contributed by atoms with Crippen LogP contribution in [0.3, 0.4) is 0 Å². The summed E-state index contributed by atoms with van der Waals surface area (Å²) in [5.41, 5.74) is 2.22. The van der Waals surface area contributed by atoms with E-state index in [1.54, 1.807) is 29.9 Å². The number of aryl methyl sites for hydroxylation is 1. The largest absolute Gasteiger partial charge is 0.508 e. The smallest absolute Gasteiger partial charge is 0.202 e. The molecule has 0 spiro atoms. The summed E-state index contributed by atoms with van der Waals surface area (Å²) in [4.78, 5) is 13.0. The van der Waals surface area contributed by atoms with Gasteiger partial charge in [0.05, 0.1) is 28.5 Å². The highest BCUT2D eigenvalue weighted by molar-refractivity contribution is 5.83. The molecule has 0 unspecified atom stereocenters. The topological polar surface area (TPSA) is 68.3 Å². The van der Waals surface area contributed by atoms with Crippen LogP contribution < -0.4 is 5.43 Å². The highest BCUT2D eigenvalue weighted by Gasteiger charge is 2.18. The van der Waals surface area contributed by atoms with Crippen molar-refractivity contribution in [3.05, 3.63) is 76.8 Å². The predicted octanol–water partition coefficient (Wildman–Crippen LogP) is 3.66. The Hall–Kier alpha value is -3.34. The maximum absolute atomic E-state index is 13.0. The molecule has 0 atom stereocenters. The lowest BCUT2D eigenvalue weighted by atomic mass is 10.1. The number of phenols is 1. The van der Waals surface area contributed by atoms with E-state index in [0.717, 1.165) is 5.69 Å². The van der Waals surface area contributed by atoms with E-state index in [1.165, 1.54) is 12.1 Å². The predicted molar refractivity (Wildman–Crippen MR) is 91.4 cm³/mol. The zero-order valence-electron chi connectivity index (χ0n) is 12.9. The minimum Gasteiger partial charge on any atom is -0.508 e. The van der Waals surface area contributed by atoms with Crippen LogP contribution in [0.25, 0.3) is 27.9 Å².